The third kappa shape index (κ3) is 2.19. The van der Waals surface area contributed by atoms with Crippen LogP contribution in [0.25, 0.3) is 0 Å². The van der Waals surface area contributed by atoms with E-state index in [0.717, 1.165) is 6.07 Å². The van der Waals surface area contributed by atoms with Crippen molar-refractivity contribution in [3.63, 3.8) is 0 Å². The van der Waals surface area contributed by atoms with Gasteiger partial charge in [-0.3, -0.25) is 0 Å². The molecule has 0 atom stereocenters. The van der Waals surface area contributed by atoms with Crippen molar-refractivity contribution in [3.05, 3.63) is 28.5 Å². The van der Waals surface area contributed by atoms with Gasteiger partial charge in [0, 0.05) is 12.4 Å². The first-order chi connectivity index (χ1) is 6.36. The highest BCUT2D eigenvalue weighted by atomic mass is 35.5. The van der Waals surface area contributed by atoms with E-state index < -0.39 is 22.6 Å². The number of halogens is 5. The first-order valence-corrected chi connectivity index (χ1v) is 4.00. The van der Waals surface area contributed by atoms with Crippen molar-refractivity contribution in [1.29, 1.82) is 0 Å². The molecule has 7 heteroatoms. The van der Waals surface area contributed by atoms with Crippen molar-refractivity contribution in [3.8, 4) is 0 Å². The Labute approximate surface area is 86.9 Å². The molecule has 1 rings (SSSR count). The summed E-state index contributed by atoms with van der Waals surface area (Å²) < 4.78 is 52.5. The molecule has 0 aromatic heterocycles. The van der Waals surface area contributed by atoms with Gasteiger partial charge >= 0.3 is 6.18 Å². The van der Waals surface area contributed by atoms with Gasteiger partial charge in [-0.25, -0.2) is 4.39 Å². The second-order valence-electron chi connectivity index (χ2n) is 2.38. The molecule has 0 radical (unpaired) electrons. The van der Waals surface area contributed by atoms with Crippen molar-refractivity contribution >= 4 is 29.7 Å². The van der Waals surface area contributed by atoms with E-state index in [4.69, 9.17) is 11.6 Å². The van der Waals surface area contributed by atoms with Crippen LogP contribution in [0.15, 0.2) is 16.5 Å². The van der Waals surface area contributed by atoms with E-state index in [0.29, 0.717) is 6.07 Å². The van der Waals surface area contributed by atoms with Crippen molar-refractivity contribution in [2.45, 2.75) is 6.18 Å². The van der Waals surface area contributed by atoms with Crippen molar-refractivity contribution in [1.82, 2.24) is 0 Å². The lowest BCUT2D eigenvalue weighted by Crippen LogP contribution is -2.08. The number of rotatable bonds is 1. The van der Waals surface area contributed by atoms with Gasteiger partial charge in [-0.15, -0.1) is 0 Å². The second kappa shape index (κ2) is 3.78. The van der Waals surface area contributed by atoms with Gasteiger partial charge in [-0.1, -0.05) is 11.6 Å². The summed E-state index contributed by atoms with van der Waals surface area (Å²) in [5.74, 6) is -1.51. The summed E-state index contributed by atoms with van der Waals surface area (Å²) in [4.78, 5) is 0. The SMILES string of the molecule is Fc1c(Cl)cc(N=S)cc1C(F)(F)F. The van der Waals surface area contributed by atoms with Gasteiger partial charge in [-0.2, -0.15) is 17.5 Å². The maximum atomic E-state index is 12.9. The third-order valence-electron chi connectivity index (χ3n) is 1.42. The van der Waals surface area contributed by atoms with E-state index in [9.17, 15) is 17.6 Å². The molecule has 0 saturated heterocycles. The monoisotopic (exact) mass is 243 g/mol. The van der Waals surface area contributed by atoms with E-state index in [-0.39, 0.29) is 5.69 Å². The van der Waals surface area contributed by atoms with Gasteiger partial charge in [0.05, 0.1) is 16.3 Å². The van der Waals surface area contributed by atoms with E-state index in [1.165, 1.54) is 0 Å². The molecule has 0 heterocycles. The van der Waals surface area contributed by atoms with Gasteiger partial charge in [0.1, 0.15) is 0 Å². The number of hydrogen-bond acceptors (Lipinski definition) is 2. The van der Waals surface area contributed by atoms with Crippen LogP contribution in [0.3, 0.4) is 0 Å². The van der Waals surface area contributed by atoms with Crippen LogP contribution in [0, 0.1) is 5.82 Å². The summed E-state index contributed by atoms with van der Waals surface area (Å²) in [5.41, 5.74) is -1.66. The van der Waals surface area contributed by atoms with Gasteiger partial charge < -0.3 is 0 Å². The molecule has 14 heavy (non-hydrogen) atoms. The van der Waals surface area contributed by atoms with Crippen molar-refractivity contribution in [2.24, 2.45) is 4.36 Å². The molecule has 0 amide bonds. The normalized spacial score (nSPS) is 11.5. The second-order valence-corrected chi connectivity index (χ2v) is 2.97. The average molecular weight is 244 g/mol. The van der Waals surface area contributed by atoms with Crippen LogP contribution in [0.2, 0.25) is 5.02 Å². The number of hydrogen-bond donors (Lipinski definition) is 0. The summed E-state index contributed by atoms with van der Waals surface area (Å²) in [6.45, 7) is 0. The zero-order valence-corrected chi connectivity index (χ0v) is 7.97. The molecule has 0 saturated carbocycles. The molecule has 0 aliphatic rings. The Bertz CT molecular complexity index is 377. The largest absolute Gasteiger partial charge is 0.419 e. The van der Waals surface area contributed by atoms with Crippen LogP contribution >= 0.6 is 11.6 Å². The predicted molar refractivity (Wildman–Crippen MR) is 45.9 cm³/mol. The lowest BCUT2D eigenvalue weighted by molar-refractivity contribution is -0.139. The van der Waals surface area contributed by atoms with Crippen LogP contribution in [0.5, 0.6) is 0 Å². The fourth-order valence-electron chi connectivity index (χ4n) is 0.834. The van der Waals surface area contributed by atoms with Gasteiger partial charge in [0.15, 0.2) is 5.82 Å². The highest BCUT2D eigenvalue weighted by Gasteiger charge is 2.35. The Hall–Kier alpha value is -0.750. The summed E-state index contributed by atoms with van der Waals surface area (Å²) in [6, 6.07) is 1.44. The Morgan fingerprint density at radius 3 is 2.29 bits per heavy atom. The minimum atomic E-state index is -4.80. The quantitative estimate of drug-likeness (QED) is 0.682. The third-order valence-corrected chi connectivity index (χ3v) is 1.91. The van der Waals surface area contributed by atoms with Crippen molar-refractivity contribution in [2.75, 3.05) is 0 Å². The summed E-state index contributed by atoms with van der Waals surface area (Å²) in [7, 11) is 0. The molecular formula is C7H2ClF4NS. The fourth-order valence-corrected chi connectivity index (χ4v) is 1.15. The van der Waals surface area contributed by atoms with Crippen LogP contribution < -0.4 is 0 Å². The zero-order valence-electron chi connectivity index (χ0n) is 6.40. The molecule has 0 N–H and O–H groups in total. The Kier molecular flexibility index (Phi) is 3.06. The average Bonchev–Trinajstić information content (AvgIpc) is 2.07. The molecular weight excluding hydrogens is 242 g/mol. The van der Waals surface area contributed by atoms with Crippen LogP contribution in [-0.4, -0.2) is 0 Å². The van der Waals surface area contributed by atoms with Crippen LogP contribution in [0.4, 0.5) is 23.2 Å². The standard InChI is InChI=1S/C7H2ClF4NS/c8-5-2-3(13-14)1-4(6(5)9)7(10,11)12/h1-2H. The molecule has 76 valence electrons. The molecule has 0 unspecified atom stereocenters. The van der Waals surface area contributed by atoms with E-state index in [1.54, 1.807) is 0 Å². The lowest BCUT2D eigenvalue weighted by atomic mass is 10.2. The molecule has 1 nitrogen and oxygen atoms in total. The maximum Gasteiger partial charge on any atom is 0.419 e. The molecule has 1 aromatic carbocycles. The molecule has 1 aromatic rings. The Balaban J connectivity index is 3.42. The highest BCUT2D eigenvalue weighted by molar-refractivity contribution is 7.47. The van der Waals surface area contributed by atoms with Gasteiger partial charge in [-0.05, 0) is 12.1 Å². The van der Waals surface area contributed by atoms with Crippen LogP contribution in [-0.2, 0) is 18.6 Å². The predicted octanol–water partition coefficient (Wildman–Crippen LogP) is 3.86. The Morgan fingerprint density at radius 2 is 1.86 bits per heavy atom. The van der Waals surface area contributed by atoms with Gasteiger partial charge in [0.25, 0.3) is 0 Å². The van der Waals surface area contributed by atoms with Gasteiger partial charge in [0.2, 0.25) is 0 Å². The summed E-state index contributed by atoms with van der Waals surface area (Å²) in [5, 5.41) is -0.650. The molecule has 0 aliphatic heterocycles. The topological polar surface area (TPSA) is 12.4 Å². The van der Waals surface area contributed by atoms with E-state index in [2.05, 4.69) is 16.8 Å². The molecule has 0 aliphatic carbocycles. The number of alkyl halides is 3. The van der Waals surface area contributed by atoms with E-state index in [1.807, 2.05) is 0 Å². The molecule has 0 spiro atoms. The smallest absolute Gasteiger partial charge is 0.205 e. The fraction of sp³-hybridized carbons (Fsp3) is 0.143. The summed E-state index contributed by atoms with van der Waals surface area (Å²) in [6.07, 6.45) is -4.80. The first-order valence-electron chi connectivity index (χ1n) is 3.26. The molecule has 0 bridgehead atoms. The number of nitrogens with zero attached hydrogens (tertiary/aromatic N) is 1. The minimum absolute atomic E-state index is 0.196. The maximum absolute atomic E-state index is 12.9. The highest BCUT2D eigenvalue weighted by Crippen LogP contribution is 2.36. The Morgan fingerprint density at radius 1 is 1.29 bits per heavy atom. The lowest BCUT2D eigenvalue weighted by Gasteiger charge is -2.09. The van der Waals surface area contributed by atoms with Crippen LogP contribution in [0.1, 0.15) is 5.56 Å². The zero-order chi connectivity index (χ0) is 10.9. The van der Waals surface area contributed by atoms with E-state index >= 15 is 0 Å². The number of benzene rings is 1. The molecule has 0 fully saturated rings. The summed E-state index contributed by atoms with van der Waals surface area (Å²) >= 11 is 9.40. The minimum Gasteiger partial charge on any atom is -0.205 e. The van der Waals surface area contributed by atoms with Crippen molar-refractivity contribution < 1.29 is 17.6 Å². The first kappa shape index (κ1) is 11.3.